The van der Waals surface area contributed by atoms with Crippen LogP contribution in [0.5, 0.6) is 0 Å². The van der Waals surface area contributed by atoms with Crippen LogP contribution in [0.25, 0.3) is 0 Å². The standard InChI is InChI=1S/C13H10ClF3OS/c14-12-6-5-11(19-12)10(18)7-8-1-3-9(4-2-8)13(15,16)17/h1-6,10,18H,7H2. The maximum Gasteiger partial charge on any atom is 0.416 e. The van der Waals surface area contributed by atoms with Gasteiger partial charge in [-0.2, -0.15) is 13.2 Å². The fourth-order valence-electron chi connectivity index (χ4n) is 1.66. The molecule has 1 heterocycles. The zero-order valence-electron chi connectivity index (χ0n) is 9.62. The van der Waals surface area contributed by atoms with Crippen molar-refractivity contribution in [3.05, 3.63) is 56.7 Å². The summed E-state index contributed by atoms with van der Waals surface area (Å²) in [5.74, 6) is 0. The lowest BCUT2D eigenvalue weighted by Gasteiger charge is -2.10. The summed E-state index contributed by atoms with van der Waals surface area (Å²) in [5, 5.41) is 9.95. The lowest BCUT2D eigenvalue weighted by atomic mass is 10.0. The fourth-order valence-corrected chi connectivity index (χ4v) is 2.71. The molecule has 0 saturated heterocycles. The average Bonchev–Trinajstić information content (AvgIpc) is 2.75. The molecule has 0 bridgehead atoms. The zero-order valence-corrected chi connectivity index (χ0v) is 11.2. The summed E-state index contributed by atoms with van der Waals surface area (Å²) in [6, 6.07) is 8.18. The lowest BCUT2D eigenvalue weighted by molar-refractivity contribution is -0.137. The highest BCUT2D eigenvalue weighted by Crippen LogP contribution is 2.31. The summed E-state index contributed by atoms with van der Waals surface area (Å²) < 4.78 is 37.7. The number of thiophene rings is 1. The molecule has 0 aliphatic carbocycles. The molecule has 1 aromatic heterocycles. The summed E-state index contributed by atoms with van der Waals surface area (Å²) in [6.45, 7) is 0. The molecule has 19 heavy (non-hydrogen) atoms. The number of hydrogen-bond donors (Lipinski definition) is 1. The van der Waals surface area contributed by atoms with E-state index in [4.69, 9.17) is 11.6 Å². The molecule has 1 aromatic carbocycles. The molecule has 1 nitrogen and oxygen atoms in total. The second-order valence-electron chi connectivity index (χ2n) is 4.06. The van der Waals surface area contributed by atoms with E-state index in [0.717, 1.165) is 12.1 Å². The Hall–Kier alpha value is -1.04. The third-order valence-corrected chi connectivity index (χ3v) is 3.97. The Morgan fingerprint density at radius 1 is 1.11 bits per heavy atom. The molecule has 102 valence electrons. The van der Waals surface area contributed by atoms with E-state index in [-0.39, 0.29) is 6.42 Å². The van der Waals surface area contributed by atoms with Crippen LogP contribution < -0.4 is 0 Å². The number of rotatable bonds is 3. The minimum Gasteiger partial charge on any atom is -0.387 e. The second-order valence-corrected chi connectivity index (χ2v) is 5.80. The summed E-state index contributed by atoms with van der Waals surface area (Å²) in [7, 11) is 0. The van der Waals surface area contributed by atoms with Crippen molar-refractivity contribution in [3.8, 4) is 0 Å². The summed E-state index contributed by atoms with van der Waals surface area (Å²) >= 11 is 7.02. The highest BCUT2D eigenvalue weighted by molar-refractivity contribution is 7.16. The van der Waals surface area contributed by atoms with Gasteiger partial charge in [0.2, 0.25) is 0 Å². The Morgan fingerprint density at radius 3 is 2.21 bits per heavy atom. The lowest BCUT2D eigenvalue weighted by Crippen LogP contribution is -2.05. The van der Waals surface area contributed by atoms with Gasteiger partial charge < -0.3 is 5.11 Å². The molecule has 1 atom stereocenters. The van der Waals surface area contributed by atoms with Crippen LogP contribution in [0.3, 0.4) is 0 Å². The van der Waals surface area contributed by atoms with Crippen LogP contribution in [0.1, 0.15) is 22.1 Å². The highest BCUT2D eigenvalue weighted by atomic mass is 35.5. The Balaban J connectivity index is 2.07. The van der Waals surface area contributed by atoms with Crippen LogP contribution in [0.2, 0.25) is 4.34 Å². The number of alkyl halides is 3. The normalized spacial score (nSPS) is 13.5. The Bertz CT molecular complexity index is 548. The molecular formula is C13H10ClF3OS. The van der Waals surface area contributed by atoms with Crippen molar-refractivity contribution in [2.75, 3.05) is 0 Å². The molecule has 1 N–H and O–H groups in total. The molecule has 0 aliphatic heterocycles. The van der Waals surface area contributed by atoms with Crippen LogP contribution in [0.4, 0.5) is 13.2 Å². The molecule has 0 amide bonds. The van der Waals surface area contributed by atoms with Crippen molar-refractivity contribution in [2.24, 2.45) is 0 Å². The van der Waals surface area contributed by atoms with E-state index in [9.17, 15) is 18.3 Å². The molecule has 0 saturated carbocycles. The number of halogens is 4. The topological polar surface area (TPSA) is 20.2 Å². The first kappa shape index (κ1) is 14.4. The molecule has 1 unspecified atom stereocenters. The van der Waals surface area contributed by atoms with Crippen LogP contribution in [-0.4, -0.2) is 5.11 Å². The van der Waals surface area contributed by atoms with Gasteiger partial charge in [-0.15, -0.1) is 11.3 Å². The molecule has 2 aromatic rings. The zero-order chi connectivity index (χ0) is 14.0. The minimum absolute atomic E-state index is 0.259. The van der Waals surface area contributed by atoms with Crippen molar-refractivity contribution in [2.45, 2.75) is 18.7 Å². The van der Waals surface area contributed by atoms with Gasteiger partial charge in [0.15, 0.2) is 0 Å². The van der Waals surface area contributed by atoms with Gasteiger partial charge >= 0.3 is 6.18 Å². The fraction of sp³-hybridized carbons (Fsp3) is 0.231. The van der Waals surface area contributed by atoms with E-state index in [2.05, 4.69) is 0 Å². The predicted octanol–water partition coefficient (Wildman–Crippen LogP) is 4.70. The molecule has 6 heteroatoms. The molecule has 0 radical (unpaired) electrons. The summed E-state index contributed by atoms with van der Waals surface area (Å²) in [5.41, 5.74) is -0.0464. The maximum atomic E-state index is 12.4. The van der Waals surface area contributed by atoms with Gasteiger partial charge in [-0.05, 0) is 29.8 Å². The molecule has 0 aliphatic rings. The Kier molecular flexibility index (Phi) is 4.18. The van der Waals surface area contributed by atoms with Crippen LogP contribution in [0, 0.1) is 0 Å². The van der Waals surface area contributed by atoms with Crippen LogP contribution >= 0.6 is 22.9 Å². The molecular weight excluding hydrogens is 297 g/mol. The highest BCUT2D eigenvalue weighted by Gasteiger charge is 2.30. The van der Waals surface area contributed by atoms with Crippen molar-refractivity contribution >= 4 is 22.9 Å². The SMILES string of the molecule is OC(Cc1ccc(C(F)(F)F)cc1)c1ccc(Cl)s1. The molecule has 2 rings (SSSR count). The first-order valence-corrected chi connectivity index (χ1v) is 6.65. The van der Waals surface area contributed by atoms with Crippen molar-refractivity contribution in [1.82, 2.24) is 0 Å². The van der Waals surface area contributed by atoms with Gasteiger partial charge in [0.05, 0.1) is 16.0 Å². The van der Waals surface area contributed by atoms with Gasteiger partial charge in [0, 0.05) is 11.3 Å². The third-order valence-electron chi connectivity index (χ3n) is 2.63. The monoisotopic (exact) mass is 306 g/mol. The number of aliphatic hydroxyl groups excluding tert-OH is 1. The largest absolute Gasteiger partial charge is 0.416 e. The van der Waals surface area contributed by atoms with Gasteiger partial charge in [-0.25, -0.2) is 0 Å². The molecule has 0 fully saturated rings. The van der Waals surface area contributed by atoms with E-state index >= 15 is 0 Å². The summed E-state index contributed by atoms with van der Waals surface area (Å²) in [4.78, 5) is 0.699. The number of aliphatic hydroxyl groups is 1. The van der Waals surface area contributed by atoms with E-state index in [0.29, 0.717) is 14.8 Å². The third kappa shape index (κ3) is 3.72. The van der Waals surface area contributed by atoms with Crippen molar-refractivity contribution < 1.29 is 18.3 Å². The quantitative estimate of drug-likeness (QED) is 0.871. The van der Waals surface area contributed by atoms with E-state index in [1.807, 2.05) is 0 Å². The van der Waals surface area contributed by atoms with Crippen LogP contribution in [0.15, 0.2) is 36.4 Å². The van der Waals surface area contributed by atoms with Gasteiger partial charge in [0.1, 0.15) is 0 Å². The Labute approximate surface area is 117 Å². The minimum atomic E-state index is -4.33. The van der Waals surface area contributed by atoms with E-state index in [1.165, 1.54) is 23.5 Å². The number of hydrogen-bond acceptors (Lipinski definition) is 2. The first-order chi connectivity index (χ1) is 8.86. The van der Waals surface area contributed by atoms with E-state index in [1.54, 1.807) is 12.1 Å². The Morgan fingerprint density at radius 2 is 1.74 bits per heavy atom. The smallest absolute Gasteiger partial charge is 0.387 e. The molecule has 0 spiro atoms. The van der Waals surface area contributed by atoms with Gasteiger partial charge in [-0.3, -0.25) is 0 Å². The van der Waals surface area contributed by atoms with Crippen molar-refractivity contribution in [1.29, 1.82) is 0 Å². The first-order valence-electron chi connectivity index (χ1n) is 5.45. The van der Waals surface area contributed by atoms with E-state index < -0.39 is 17.8 Å². The van der Waals surface area contributed by atoms with Crippen LogP contribution in [-0.2, 0) is 12.6 Å². The van der Waals surface area contributed by atoms with Gasteiger partial charge in [0.25, 0.3) is 0 Å². The summed E-state index contributed by atoms with van der Waals surface area (Å²) in [6.07, 6.45) is -4.83. The van der Waals surface area contributed by atoms with Gasteiger partial charge in [-0.1, -0.05) is 23.7 Å². The second kappa shape index (κ2) is 5.53. The predicted molar refractivity (Wildman–Crippen MR) is 69.4 cm³/mol. The number of benzene rings is 1. The average molecular weight is 307 g/mol. The van der Waals surface area contributed by atoms with Crippen molar-refractivity contribution in [3.63, 3.8) is 0 Å². The maximum absolute atomic E-state index is 12.4.